The highest BCUT2D eigenvalue weighted by molar-refractivity contribution is 8.00. The second-order valence-electron chi connectivity index (χ2n) is 12.1. The van der Waals surface area contributed by atoms with Gasteiger partial charge in [0, 0.05) is 16.0 Å². The Kier molecular flexibility index (Phi) is 6.73. The molecule has 2 bridgehead atoms. The Morgan fingerprint density at radius 2 is 1.74 bits per heavy atom. The number of methoxy groups -OCH3 is 1. The molecular weight excluding hydrogens is 601 g/mol. The van der Waals surface area contributed by atoms with Crippen molar-refractivity contribution in [1.29, 1.82) is 0 Å². The lowest BCUT2D eigenvalue weighted by Gasteiger charge is -2.43. The van der Waals surface area contributed by atoms with Crippen molar-refractivity contribution in [2.75, 3.05) is 18.6 Å². The van der Waals surface area contributed by atoms with Crippen molar-refractivity contribution in [1.82, 2.24) is 4.98 Å². The molecule has 7 rings (SSSR count). The fourth-order valence-corrected chi connectivity index (χ4v) is 10.7. The minimum absolute atomic E-state index is 0.0913. The molecule has 2 aromatic carbocycles. The maximum absolute atomic E-state index is 13.9. The molecule has 2 aliphatic heterocycles. The van der Waals surface area contributed by atoms with Crippen LogP contribution in [0.3, 0.4) is 0 Å². The Balaban J connectivity index is 1.29. The summed E-state index contributed by atoms with van der Waals surface area (Å²) < 4.78 is 53.4. The van der Waals surface area contributed by atoms with E-state index in [0.29, 0.717) is 30.4 Å². The number of aromatic amines is 1. The molecular formula is C31H29F3N2O5S2. The van der Waals surface area contributed by atoms with E-state index in [0.717, 1.165) is 37.8 Å². The van der Waals surface area contributed by atoms with E-state index >= 15 is 0 Å². The van der Waals surface area contributed by atoms with Crippen LogP contribution in [0.5, 0.6) is 11.5 Å². The Morgan fingerprint density at radius 1 is 1.02 bits per heavy atom. The van der Waals surface area contributed by atoms with Gasteiger partial charge in [-0.15, -0.1) is 11.8 Å². The number of hydrogen-bond donors (Lipinski definition) is 1. The maximum atomic E-state index is 13.9. The third-order valence-electron chi connectivity index (χ3n) is 9.29. The molecule has 1 saturated heterocycles. The van der Waals surface area contributed by atoms with Crippen LogP contribution in [0.15, 0.2) is 52.3 Å². The van der Waals surface area contributed by atoms with Crippen LogP contribution in [0.4, 0.5) is 18.9 Å². The lowest BCUT2D eigenvalue weighted by atomic mass is 9.68. The smallest absolute Gasteiger partial charge is 0.418 e. The second kappa shape index (κ2) is 10.2. The van der Waals surface area contributed by atoms with Crippen molar-refractivity contribution >= 4 is 40.6 Å². The number of para-hydroxylation sites is 1. The van der Waals surface area contributed by atoms with Crippen LogP contribution in [0.2, 0.25) is 0 Å². The number of imide groups is 1. The van der Waals surface area contributed by atoms with E-state index < -0.39 is 41.1 Å². The van der Waals surface area contributed by atoms with Crippen LogP contribution in [-0.4, -0.2) is 35.8 Å². The Labute approximate surface area is 253 Å². The van der Waals surface area contributed by atoms with Gasteiger partial charge in [-0.1, -0.05) is 43.4 Å². The van der Waals surface area contributed by atoms with Crippen LogP contribution in [0.25, 0.3) is 0 Å². The van der Waals surface area contributed by atoms with E-state index in [1.54, 1.807) is 7.11 Å². The van der Waals surface area contributed by atoms with Crippen molar-refractivity contribution in [3.05, 3.63) is 68.1 Å². The lowest BCUT2D eigenvalue weighted by Crippen LogP contribution is -2.42. The molecule has 5 unspecified atom stereocenters. The summed E-state index contributed by atoms with van der Waals surface area (Å²) in [6.45, 7) is 4.62. The highest BCUT2D eigenvalue weighted by Gasteiger charge is 2.70. The first-order valence-electron chi connectivity index (χ1n) is 14.2. The maximum Gasteiger partial charge on any atom is 0.418 e. The van der Waals surface area contributed by atoms with Gasteiger partial charge in [-0.2, -0.15) is 13.2 Å². The number of hydrogen-bond acceptors (Lipinski definition) is 7. The van der Waals surface area contributed by atoms with E-state index in [4.69, 9.17) is 9.47 Å². The van der Waals surface area contributed by atoms with Gasteiger partial charge in [0.2, 0.25) is 11.8 Å². The number of ether oxygens (including phenoxy) is 2. The van der Waals surface area contributed by atoms with Gasteiger partial charge in [-0.05, 0) is 59.9 Å². The minimum Gasteiger partial charge on any atom is -0.493 e. The number of nitrogens with one attached hydrogen (secondary N) is 1. The van der Waals surface area contributed by atoms with Gasteiger partial charge in [-0.25, -0.2) is 4.90 Å². The summed E-state index contributed by atoms with van der Waals surface area (Å²) in [5, 5.41) is 0.659. The molecule has 7 atom stereocenters. The molecule has 1 aromatic heterocycles. The van der Waals surface area contributed by atoms with Crippen molar-refractivity contribution in [3.63, 3.8) is 0 Å². The molecule has 2 aliphatic carbocycles. The van der Waals surface area contributed by atoms with E-state index in [1.165, 1.54) is 30.0 Å². The fourth-order valence-electron chi connectivity index (χ4n) is 7.79. The zero-order valence-corrected chi connectivity index (χ0v) is 25.1. The zero-order valence-electron chi connectivity index (χ0n) is 23.5. The summed E-state index contributed by atoms with van der Waals surface area (Å²) in [6.07, 6.45) is -4.08. The molecule has 43 heavy (non-hydrogen) atoms. The summed E-state index contributed by atoms with van der Waals surface area (Å²) in [5.74, 6) is -1.85. The number of alkyl halides is 3. The highest BCUT2D eigenvalue weighted by atomic mass is 32.2. The number of thiazole rings is 1. The third-order valence-corrected chi connectivity index (χ3v) is 11.9. The summed E-state index contributed by atoms with van der Waals surface area (Å²) in [6, 6.07) is 10.5. The average molecular weight is 631 g/mol. The summed E-state index contributed by atoms with van der Waals surface area (Å²) in [5.41, 5.74) is -0.503. The average Bonchev–Trinajstić information content (AvgIpc) is 3.70. The molecule has 2 amide bonds. The van der Waals surface area contributed by atoms with Crippen molar-refractivity contribution < 1.29 is 32.2 Å². The number of rotatable bonds is 6. The molecule has 4 aliphatic rings. The summed E-state index contributed by atoms with van der Waals surface area (Å²) in [7, 11) is 1.57. The molecule has 7 nitrogen and oxygen atoms in total. The monoisotopic (exact) mass is 630 g/mol. The highest BCUT2D eigenvalue weighted by Crippen LogP contribution is 2.69. The first-order valence-corrected chi connectivity index (χ1v) is 15.9. The predicted octanol–water partition coefficient (Wildman–Crippen LogP) is 6.18. The van der Waals surface area contributed by atoms with Gasteiger partial charge in [0.05, 0.1) is 41.8 Å². The number of anilines is 1. The first kappa shape index (κ1) is 28.5. The number of aromatic nitrogens is 1. The predicted molar refractivity (Wildman–Crippen MR) is 156 cm³/mol. The number of thioether (sulfide) groups is 1. The number of nitrogens with zero attached hydrogens (tertiary/aromatic N) is 1. The summed E-state index contributed by atoms with van der Waals surface area (Å²) >= 11 is 2.67. The van der Waals surface area contributed by atoms with Crippen LogP contribution in [0.1, 0.15) is 42.2 Å². The number of fused-ring (bicyclic) bond motifs is 9. The molecule has 226 valence electrons. The van der Waals surface area contributed by atoms with Gasteiger partial charge in [0.25, 0.3) is 0 Å². The first-order chi connectivity index (χ1) is 20.5. The van der Waals surface area contributed by atoms with E-state index in [2.05, 4.69) is 18.8 Å². The molecule has 0 radical (unpaired) electrons. The van der Waals surface area contributed by atoms with Crippen molar-refractivity contribution in [2.45, 2.75) is 42.6 Å². The van der Waals surface area contributed by atoms with Gasteiger partial charge in [0.15, 0.2) is 11.5 Å². The minimum atomic E-state index is -4.72. The number of H-pyrrole nitrogens is 1. The molecule has 3 fully saturated rings. The molecule has 12 heteroatoms. The van der Waals surface area contributed by atoms with Gasteiger partial charge in [-0.3, -0.25) is 14.4 Å². The topological polar surface area (TPSA) is 88.7 Å². The Hall–Kier alpha value is -3.25. The zero-order chi connectivity index (χ0) is 30.4. The van der Waals surface area contributed by atoms with Crippen molar-refractivity contribution in [2.24, 2.45) is 35.5 Å². The van der Waals surface area contributed by atoms with Crippen LogP contribution in [0, 0.1) is 35.5 Å². The van der Waals surface area contributed by atoms with Crippen LogP contribution in [-0.2, 0) is 15.8 Å². The number of carbonyl (C=O) groups is 2. The third kappa shape index (κ3) is 4.34. The van der Waals surface area contributed by atoms with E-state index in [9.17, 15) is 27.6 Å². The molecule has 2 saturated carbocycles. The molecule has 1 N–H and O–H groups in total. The Morgan fingerprint density at radius 3 is 2.44 bits per heavy atom. The van der Waals surface area contributed by atoms with E-state index in [-0.39, 0.29) is 33.8 Å². The SMILES string of the molecule is COc1cc(C2c3sc(=O)[nH]c3SC3C2[C@H]2C[C@@H]3C3C(=O)N(c4ccccc4C(F)(F)F)C(=O)C32)ccc1OCC(C)C. The normalized spacial score (nSPS) is 29.2. The molecule has 0 spiro atoms. The second-order valence-corrected chi connectivity index (χ2v) is 14.3. The van der Waals surface area contributed by atoms with Crippen LogP contribution >= 0.6 is 23.1 Å². The fraction of sp³-hybridized carbons (Fsp3) is 0.452. The van der Waals surface area contributed by atoms with Gasteiger partial charge in [0.1, 0.15) is 0 Å². The standard InChI is InChI=1S/C31H29F3N2O5S2/c1-13(2)12-41-19-9-8-14(10-20(19)40-3)21-22-15-11-16(25(22)42-27-26(21)43-30(39)35-27)24-23(15)28(37)36(29(24)38)18-7-5-4-6-17(18)31(32,33)34/h4-10,13,15-16,21-25H,11-12H2,1-3H3,(H,35,39)/t15-,16-,21?,22?,23?,24?,25?/m1/s1. The number of amides is 2. The number of benzene rings is 2. The van der Waals surface area contributed by atoms with E-state index in [1.807, 2.05) is 18.2 Å². The van der Waals surface area contributed by atoms with Gasteiger partial charge >= 0.3 is 11.0 Å². The van der Waals surface area contributed by atoms with Crippen molar-refractivity contribution in [3.8, 4) is 11.5 Å². The molecule has 3 aromatic rings. The van der Waals surface area contributed by atoms with Crippen LogP contribution < -0.4 is 19.2 Å². The lowest BCUT2D eigenvalue weighted by molar-refractivity contribution is -0.137. The Bertz CT molecular complexity index is 1680. The largest absolute Gasteiger partial charge is 0.493 e. The molecule has 3 heterocycles. The quantitative estimate of drug-likeness (QED) is 0.328. The van der Waals surface area contributed by atoms with Gasteiger partial charge < -0.3 is 14.5 Å². The number of carbonyl (C=O) groups excluding carboxylic acids is 2. The number of halogens is 3. The summed E-state index contributed by atoms with van der Waals surface area (Å²) in [4.78, 5) is 44.8.